The van der Waals surface area contributed by atoms with Crippen LogP contribution in [0.5, 0.6) is 5.75 Å². The molecule has 0 amide bonds. The van der Waals surface area contributed by atoms with Gasteiger partial charge in [0, 0.05) is 13.1 Å². The summed E-state index contributed by atoms with van der Waals surface area (Å²) in [6, 6.07) is 9.79. The molecule has 0 fully saturated rings. The molecule has 26 heavy (non-hydrogen) atoms. The van der Waals surface area contributed by atoms with Crippen LogP contribution in [-0.4, -0.2) is 37.5 Å². The van der Waals surface area contributed by atoms with Crippen LogP contribution < -0.4 is 0 Å². The van der Waals surface area contributed by atoms with Gasteiger partial charge in [-0.15, -0.1) is 0 Å². The fraction of sp³-hybridized carbons (Fsp3) is 0.316. The van der Waals surface area contributed by atoms with Crippen LogP contribution in [0.15, 0.2) is 41.3 Å². The number of carbonyl (C=O) groups is 1. The van der Waals surface area contributed by atoms with Crippen LogP contribution in [0.4, 0.5) is 0 Å². The van der Waals surface area contributed by atoms with E-state index in [2.05, 4.69) is 17.7 Å². The van der Waals surface area contributed by atoms with Crippen molar-refractivity contribution in [2.75, 3.05) is 13.7 Å². The SMILES string of the molecule is CCc1ccc2c(c1)CCN(S(=O)(=O)c1ccc(O)c(C(=O)OC)c1)C2. The molecule has 3 rings (SSSR count). The third-order valence-corrected chi connectivity index (χ3v) is 6.51. The van der Waals surface area contributed by atoms with Crippen LogP contribution in [-0.2, 0) is 34.1 Å². The largest absolute Gasteiger partial charge is 0.507 e. The number of hydrogen-bond donors (Lipinski definition) is 1. The second-order valence-electron chi connectivity index (χ2n) is 6.22. The minimum atomic E-state index is -3.79. The van der Waals surface area contributed by atoms with Gasteiger partial charge in [0.05, 0.1) is 12.0 Å². The van der Waals surface area contributed by atoms with E-state index in [0.29, 0.717) is 13.0 Å². The zero-order valence-electron chi connectivity index (χ0n) is 14.7. The number of rotatable bonds is 4. The van der Waals surface area contributed by atoms with Crippen LogP contribution in [0.3, 0.4) is 0 Å². The second kappa shape index (κ2) is 7.09. The molecule has 0 radical (unpaired) electrons. The summed E-state index contributed by atoms with van der Waals surface area (Å²) >= 11 is 0. The van der Waals surface area contributed by atoms with E-state index in [-0.39, 0.29) is 22.8 Å². The topological polar surface area (TPSA) is 83.9 Å². The molecule has 2 aromatic carbocycles. The maximum absolute atomic E-state index is 13.0. The summed E-state index contributed by atoms with van der Waals surface area (Å²) in [6.07, 6.45) is 1.59. The normalized spacial score (nSPS) is 14.7. The Hall–Kier alpha value is -2.38. The molecule has 1 N–H and O–H groups in total. The minimum Gasteiger partial charge on any atom is -0.507 e. The fourth-order valence-corrected chi connectivity index (χ4v) is 4.55. The molecule has 0 spiro atoms. The number of aryl methyl sites for hydroxylation is 1. The first-order valence-electron chi connectivity index (χ1n) is 8.39. The average Bonchev–Trinajstić information content (AvgIpc) is 2.66. The molecular weight excluding hydrogens is 354 g/mol. The average molecular weight is 375 g/mol. The van der Waals surface area contributed by atoms with Crippen molar-refractivity contribution >= 4 is 16.0 Å². The Bertz CT molecular complexity index is 952. The Kier molecular flexibility index (Phi) is 5.02. The molecule has 0 unspecified atom stereocenters. The molecule has 1 heterocycles. The number of benzene rings is 2. The number of aromatic hydroxyl groups is 1. The van der Waals surface area contributed by atoms with E-state index >= 15 is 0 Å². The monoisotopic (exact) mass is 375 g/mol. The summed E-state index contributed by atoms with van der Waals surface area (Å²) in [5.74, 6) is -1.09. The van der Waals surface area contributed by atoms with Gasteiger partial charge in [-0.2, -0.15) is 4.31 Å². The van der Waals surface area contributed by atoms with E-state index in [1.54, 1.807) is 0 Å². The van der Waals surface area contributed by atoms with Crippen LogP contribution in [0.25, 0.3) is 0 Å². The van der Waals surface area contributed by atoms with Crippen molar-refractivity contribution in [1.29, 1.82) is 0 Å². The third-order valence-electron chi connectivity index (χ3n) is 4.67. The van der Waals surface area contributed by atoms with Gasteiger partial charge in [0.25, 0.3) is 0 Å². The highest BCUT2D eigenvalue weighted by Gasteiger charge is 2.29. The molecule has 0 bridgehead atoms. The van der Waals surface area contributed by atoms with Gasteiger partial charge < -0.3 is 9.84 Å². The second-order valence-corrected chi connectivity index (χ2v) is 8.15. The van der Waals surface area contributed by atoms with Crippen molar-refractivity contribution in [3.8, 4) is 5.75 Å². The molecule has 2 aromatic rings. The minimum absolute atomic E-state index is 0.0377. The van der Waals surface area contributed by atoms with E-state index in [1.807, 2.05) is 12.1 Å². The molecule has 1 aliphatic rings. The van der Waals surface area contributed by atoms with Crippen molar-refractivity contribution in [2.45, 2.75) is 31.2 Å². The van der Waals surface area contributed by atoms with Gasteiger partial charge >= 0.3 is 5.97 Å². The molecule has 0 aliphatic carbocycles. The number of hydrogen-bond acceptors (Lipinski definition) is 5. The first kappa shape index (κ1) is 18.4. The summed E-state index contributed by atoms with van der Waals surface area (Å²) < 4.78 is 32.0. The first-order valence-corrected chi connectivity index (χ1v) is 9.83. The predicted octanol–water partition coefficient (Wildman–Crippen LogP) is 2.49. The van der Waals surface area contributed by atoms with E-state index in [0.717, 1.165) is 18.1 Å². The van der Waals surface area contributed by atoms with Gasteiger partial charge in [-0.3, -0.25) is 0 Å². The number of esters is 1. The molecule has 7 heteroatoms. The molecule has 1 aliphatic heterocycles. The highest BCUT2D eigenvalue weighted by molar-refractivity contribution is 7.89. The summed E-state index contributed by atoms with van der Waals surface area (Å²) in [7, 11) is -2.61. The number of methoxy groups -OCH3 is 1. The zero-order valence-corrected chi connectivity index (χ0v) is 15.5. The highest BCUT2D eigenvalue weighted by atomic mass is 32.2. The van der Waals surface area contributed by atoms with Crippen molar-refractivity contribution in [2.24, 2.45) is 0 Å². The smallest absolute Gasteiger partial charge is 0.341 e. The third kappa shape index (κ3) is 3.32. The molecule has 0 aromatic heterocycles. The van der Waals surface area contributed by atoms with Crippen molar-refractivity contribution < 1.29 is 23.1 Å². The molecular formula is C19H21NO5S. The van der Waals surface area contributed by atoms with Crippen molar-refractivity contribution in [1.82, 2.24) is 4.31 Å². The Morgan fingerprint density at radius 1 is 1.19 bits per heavy atom. The molecule has 0 atom stereocenters. The first-order chi connectivity index (χ1) is 12.4. The fourth-order valence-electron chi connectivity index (χ4n) is 3.10. The molecule has 0 saturated carbocycles. The quantitative estimate of drug-likeness (QED) is 0.830. The maximum atomic E-state index is 13.0. The van der Waals surface area contributed by atoms with Crippen LogP contribution in [0, 0.1) is 0 Å². The lowest BCUT2D eigenvalue weighted by Crippen LogP contribution is -2.36. The van der Waals surface area contributed by atoms with Crippen LogP contribution in [0.1, 0.15) is 34.0 Å². The Morgan fingerprint density at radius 2 is 1.96 bits per heavy atom. The van der Waals surface area contributed by atoms with Gasteiger partial charge in [-0.25, -0.2) is 13.2 Å². The van der Waals surface area contributed by atoms with Gasteiger partial charge in [-0.05, 0) is 47.7 Å². The van der Waals surface area contributed by atoms with Gasteiger partial charge in [-0.1, -0.05) is 25.1 Å². The number of fused-ring (bicyclic) bond motifs is 1. The summed E-state index contributed by atoms with van der Waals surface area (Å²) in [5, 5.41) is 9.78. The number of nitrogens with zero attached hydrogens (tertiary/aromatic N) is 1. The van der Waals surface area contributed by atoms with Crippen molar-refractivity contribution in [3.05, 3.63) is 58.7 Å². The summed E-state index contributed by atoms with van der Waals surface area (Å²) in [5.41, 5.74) is 3.24. The van der Waals surface area contributed by atoms with Gasteiger partial charge in [0.1, 0.15) is 11.3 Å². The van der Waals surface area contributed by atoms with Crippen molar-refractivity contribution in [3.63, 3.8) is 0 Å². The Balaban J connectivity index is 1.93. The van der Waals surface area contributed by atoms with E-state index in [1.165, 1.54) is 34.7 Å². The molecule has 138 valence electrons. The number of carbonyl (C=O) groups excluding carboxylic acids is 1. The molecule has 6 nitrogen and oxygen atoms in total. The van der Waals surface area contributed by atoms with E-state index in [9.17, 15) is 18.3 Å². The highest BCUT2D eigenvalue weighted by Crippen LogP contribution is 2.28. The van der Waals surface area contributed by atoms with E-state index < -0.39 is 16.0 Å². The standard InChI is InChI=1S/C19H21NO5S/c1-3-13-4-5-15-12-20(9-8-14(15)10-13)26(23,24)16-6-7-18(21)17(11-16)19(22)25-2/h4-7,10-11,21H,3,8-9,12H2,1-2H3. The van der Waals surface area contributed by atoms with Crippen LogP contribution in [0.2, 0.25) is 0 Å². The Morgan fingerprint density at radius 3 is 2.65 bits per heavy atom. The lowest BCUT2D eigenvalue weighted by Gasteiger charge is -2.28. The maximum Gasteiger partial charge on any atom is 0.341 e. The van der Waals surface area contributed by atoms with Gasteiger partial charge in [0.2, 0.25) is 10.0 Å². The zero-order chi connectivity index (χ0) is 18.9. The summed E-state index contributed by atoms with van der Waals surface area (Å²) in [6.45, 7) is 2.75. The predicted molar refractivity (Wildman–Crippen MR) is 96.6 cm³/mol. The Labute approximate surface area is 153 Å². The van der Waals surface area contributed by atoms with Crippen LogP contribution >= 0.6 is 0 Å². The van der Waals surface area contributed by atoms with E-state index in [4.69, 9.17) is 0 Å². The number of phenols is 1. The molecule has 0 saturated heterocycles. The van der Waals surface area contributed by atoms with Gasteiger partial charge in [0.15, 0.2) is 0 Å². The lowest BCUT2D eigenvalue weighted by atomic mass is 9.98. The number of ether oxygens (including phenoxy) is 1. The lowest BCUT2D eigenvalue weighted by molar-refractivity contribution is 0.0597. The number of phenolic OH excluding ortho intramolecular Hbond substituents is 1. The number of sulfonamides is 1. The summed E-state index contributed by atoms with van der Waals surface area (Å²) in [4.78, 5) is 11.7.